The highest BCUT2D eigenvalue weighted by Crippen LogP contribution is 2.32. The standard InChI is InChI=1S/C30H35N5O2/c1-23(27-11-7-8-12-28(27)31-22-36)30(24-9-5-4-6-10-24)32-25-13-15-26(16-14-25)34(3)29(37)21-35-19-17-33(2)18-20-35/h4-16,22,32H,17-21H2,1-3H3,(H,31,36)/b30-23+. The molecule has 4 rings (SSSR count). The van der Waals surface area contributed by atoms with Crippen molar-refractivity contribution in [2.24, 2.45) is 0 Å². The summed E-state index contributed by atoms with van der Waals surface area (Å²) in [4.78, 5) is 30.3. The van der Waals surface area contributed by atoms with Crippen molar-refractivity contribution in [1.29, 1.82) is 0 Å². The molecule has 0 atom stereocenters. The molecule has 0 unspecified atom stereocenters. The Hall–Kier alpha value is -3.94. The van der Waals surface area contributed by atoms with Gasteiger partial charge in [-0.3, -0.25) is 14.5 Å². The Kier molecular flexibility index (Phi) is 8.72. The van der Waals surface area contributed by atoms with Crippen LogP contribution in [0.1, 0.15) is 18.1 Å². The highest BCUT2D eigenvalue weighted by atomic mass is 16.2. The van der Waals surface area contributed by atoms with Gasteiger partial charge in [-0.25, -0.2) is 0 Å². The highest BCUT2D eigenvalue weighted by Gasteiger charge is 2.19. The largest absolute Gasteiger partial charge is 0.355 e. The van der Waals surface area contributed by atoms with Gasteiger partial charge in [0.05, 0.1) is 6.54 Å². The minimum absolute atomic E-state index is 0.0882. The number of likely N-dealkylation sites (N-methyl/N-ethyl adjacent to an activating group) is 2. The zero-order chi connectivity index (χ0) is 26.2. The molecule has 7 heteroatoms. The predicted octanol–water partition coefficient (Wildman–Crippen LogP) is 4.47. The van der Waals surface area contributed by atoms with Crippen LogP contribution in [-0.4, -0.2) is 68.9 Å². The number of nitrogens with one attached hydrogen (secondary N) is 2. The molecule has 0 aliphatic carbocycles. The summed E-state index contributed by atoms with van der Waals surface area (Å²) in [5.74, 6) is 0.0882. The van der Waals surface area contributed by atoms with E-state index >= 15 is 0 Å². The van der Waals surface area contributed by atoms with Crippen molar-refractivity contribution >= 4 is 40.6 Å². The third-order valence-electron chi connectivity index (χ3n) is 6.84. The first-order valence-electron chi connectivity index (χ1n) is 12.6. The molecule has 37 heavy (non-hydrogen) atoms. The fourth-order valence-corrected chi connectivity index (χ4v) is 4.48. The molecule has 2 amide bonds. The summed E-state index contributed by atoms with van der Waals surface area (Å²) in [5, 5.41) is 6.38. The van der Waals surface area contributed by atoms with Crippen LogP contribution in [0.25, 0.3) is 11.3 Å². The van der Waals surface area contributed by atoms with Crippen LogP contribution in [0, 0.1) is 0 Å². The molecule has 0 spiro atoms. The molecule has 192 valence electrons. The van der Waals surface area contributed by atoms with E-state index in [4.69, 9.17) is 0 Å². The maximum absolute atomic E-state index is 12.9. The molecule has 1 aliphatic heterocycles. The lowest BCUT2D eigenvalue weighted by Gasteiger charge is -2.32. The van der Waals surface area contributed by atoms with Crippen LogP contribution in [0.5, 0.6) is 0 Å². The van der Waals surface area contributed by atoms with Gasteiger partial charge in [-0.2, -0.15) is 0 Å². The first-order chi connectivity index (χ1) is 18.0. The van der Waals surface area contributed by atoms with Gasteiger partial charge in [-0.05, 0) is 55.4 Å². The van der Waals surface area contributed by atoms with E-state index in [0.717, 1.165) is 65.6 Å². The summed E-state index contributed by atoms with van der Waals surface area (Å²) in [5.41, 5.74) is 6.42. The number of hydrogen-bond acceptors (Lipinski definition) is 5. The molecule has 1 fully saturated rings. The van der Waals surface area contributed by atoms with Gasteiger partial charge in [0, 0.05) is 61.5 Å². The summed E-state index contributed by atoms with van der Waals surface area (Å²) in [6, 6.07) is 25.8. The molecule has 1 aliphatic rings. The summed E-state index contributed by atoms with van der Waals surface area (Å²) in [6.45, 7) is 6.28. The van der Waals surface area contributed by atoms with Gasteiger partial charge < -0.3 is 20.4 Å². The Morgan fingerprint density at radius 1 is 0.919 bits per heavy atom. The molecule has 0 radical (unpaired) electrons. The number of allylic oxidation sites excluding steroid dienone is 1. The second-order valence-corrected chi connectivity index (χ2v) is 9.38. The molecule has 3 aromatic carbocycles. The van der Waals surface area contributed by atoms with E-state index in [2.05, 4.69) is 39.6 Å². The third-order valence-corrected chi connectivity index (χ3v) is 6.84. The van der Waals surface area contributed by atoms with Gasteiger partial charge in [-0.1, -0.05) is 48.5 Å². The molecular weight excluding hydrogens is 462 g/mol. The lowest BCUT2D eigenvalue weighted by Crippen LogP contribution is -2.48. The van der Waals surface area contributed by atoms with Crippen molar-refractivity contribution in [3.05, 3.63) is 90.0 Å². The predicted molar refractivity (Wildman–Crippen MR) is 152 cm³/mol. The summed E-state index contributed by atoms with van der Waals surface area (Å²) >= 11 is 0. The van der Waals surface area contributed by atoms with Gasteiger partial charge in [0.15, 0.2) is 0 Å². The van der Waals surface area contributed by atoms with E-state index in [0.29, 0.717) is 13.0 Å². The van der Waals surface area contributed by atoms with Gasteiger partial charge in [0.2, 0.25) is 12.3 Å². The number of amides is 2. The number of piperazine rings is 1. The van der Waals surface area contributed by atoms with Crippen molar-refractivity contribution in [2.45, 2.75) is 6.92 Å². The van der Waals surface area contributed by atoms with Crippen LogP contribution in [0.2, 0.25) is 0 Å². The van der Waals surface area contributed by atoms with E-state index in [9.17, 15) is 9.59 Å². The quantitative estimate of drug-likeness (QED) is 0.337. The monoisotopic (exact) mass is 497 g/mol. The average Bonchev–Trinajstić information content (AvgIpc) is 2.93. The van der Waals surface area contributed by atoms with Gasteiger partial charge in [0.25, 0.3) is 0 Å². The van der Waals surface area contributed by atoms with Gasteiger partial charge in [0.1, 0.15) is 0 Å². The van der Waals surface area contributed by atoms with Crippen molar-refractivity contribution in [3.63, 3.8) is 0 Å². The molecule has 1 saturated heterocycles. The maximum Gasteiger partial charge on any atom is 0.240 e. The Morgan fingerprint density at radius 3 is 2.24 bits per heavy atom. The Labute approximate surface area is 219 Å². The van der Waals surface area contributed by atoms with Crippen molar-refractivity contribution in [3.8, 4) is 0 Å². The molecule has 7 nitrogen and oxygen atoms in total. The Bertz CT molecular complexity index is 1230. The topological polar surface area (TPSA) is 67.9 Å². The van der Waals surface area contributed by atoms with E-state index in [-0.39, 0.29) is 5.91 Å². The minimum atomic E-state index is 0.0882. The smallest absolute Gasteiger partial charge is 0.240 e. The third kappa shape index (κ3) is 6.64. The van der Waals surface area contributed by atoms with Crippen LogP contribution >= 0.6 is 0 Å². The van der Waals surface area contributed by atoms with Crippen molar-refractivity contribution < 1.29 is 9.59 Å². The van der Waals surface area contributed by atoms with E-state index in [1.165, 1.54) is 0 Å². The molecule has 0 saturated carbocycles. The Balaban J connectivity index is 1.54. The van der Waals surface area contributed by atoms with Crippen LogP contribution in [0.15, 0.2) is 78.9 Å². The summed E-state index contributed by atoms with van der Waals surface area (Å²) in [7, 11) is 3.94. The second kappa shape index (κ2) is 12.3. The minimum Gasteiger partial charge on any atom is -0.355 e. The number of para-hydroxylation sites is 1. The van der Waals surface area contributed by atoms with Crippen LogP contribution < -0.4 is 15.5 Å². The first kappa shape index (κ1) is 26.1. The normalized spacial score (nSPS) is 15.0. The molecule has 3 aromatic rings. The fraction of sp³-hybridized carbons (Fsp3) is 0.267. The molecule has 2 N–H and O–H groups in total. The Morgan fingerprint density at radius 2 is 1.57 bits per heavy atom. The van der Waals surface area contributed by atoms with Crippen LogP contribution in [-0.2, 0) is 9.59 Å². The molecule has 1 heterocycles. The highest BCUT2D eigenvalue weighted by molar-refractivity contribution is 5.99. The summed E-state index contributed by atoms with van der Waals surface area (Å²) in [6.07, 6.45) is 0.696. The van der Waals surface area contributed by atoms with E-state index in [1.54, 1.807) is 4.90 Å². The number of hydrogen-bond donors (Lipinski definition) is 2. The number of carbonyl (C=O) groups is 2. The van der Waals surface area contributed by atoms with Crippen LogP contribution in [0.3, 0.4) is 0 Å². The molecular formula is C30H35N5O2. The zero-order valence-corrected chi connectivity index (χ0v) is 21.8. The number of benzene rings is 3. The van der Waals surface area contributed by atoms with Gasteiger partial charge >= 0.3 is 0 Å². The van der Waals surface area contributed by atoms with Crippen molar-refractivity contribution in [1.82, 2.24) is 9.80 Å². The van der Waals surface area contributed by atoms with Gasteiger partial charge in [-0.15, -0.1) is 0 Å². The molecule has 0 aromatic heterocycles. The lowest BCUT2D eigenvalue weighted by atomic mass is 9.99. The maximum atomic E-state index is 12.9. The van der Waals surface area contributed by atoms with Crippen LogP contribution in [0.4, 0.5) is 17.1 Å². The number of rotatable bonds is 9. The number of anilines is 3. The van der Waals surface area contributed by atoms with E-state index < -0.39 is 0 Å². The van der Waals surface area contributed by atoms with Crippen molar-refractivity contribution in [2.75, 3.05) is 62.4 Å². The fourth-order valence-electron chi connectivity index (χ4n) is 4.48. The van der Waals surface area contributed by atoms with E-state index in [1.807, 2.05) is 80.7 Å². The summed E-state index contributed by atoms with van der Waals surface area (Å²) < 4.78 is 0. The SMILES string of the molecule is C/C(=C(\Nc1ccc(N(C)C(=O)CN2CCN(C)CC2)cc1)c1ccccc1)c1ccccc1NC=O. The number of carbonyl (C=O) groups excluding carboxylic acids is 2. The molecule has 0 bridgehead atoms. The number of nitrogens with zero attached hydrogens (tertiary/aromatic N) is 3. The zero-order valence-electron chi connectivity index (χ0n) is 21.8. The lowest BCUT2D eigenvalue weighted by molar-refractivity contribution is -0.119. The second-order valence-electron chi connectivity index (χ2n) is 9.38. The average molecular weight is 498 g/mol. The first-order valence-corrected chi connectivity index (χ1v) is 12.6.